The third-order valence-corrected chi connectivity index (χ3v) is 7.83. The van der Waals surface area contributed by atoms with Gasteiger partial charge < -0.3 is 19.7 Å². The fourth-order valence-corrected chi connectivity index (χ4v) is 5.98. The predicted octanol–water partition coefficient (Wildman–Crippen LogP) is 5.73. The van der Waals surface area contributed by atoms with Crippen molar-refractivity contribution >= 4 is 17.0 Å². The van der Waals surface area contributed by atoms with Gasteiger partial charge in [0.15, 0.2) is 0 Å². The van der Waals surface area contributed by atoms with Crippen LogP contribution in [0.25, 0.3) is 22.2 Å². The maximum Gasteiger partial charge on any atom is 0.303 e. The maximum absolute atomic E-state index is 15.0. The minimum absolute atomic E-state index is 0.285. The SMILES string of the molecule is COc1ccc(F)cc1-c1c(F)cnc2[nH]c(C3CCN(C4CCC(CC(=O)O)CC4)CC3)cc12. The zero-order valence-electron chi connectivity index (χ0n) is 19.9. The number of methoxy groups -OCH3 is 1. The van der Waals surface area contributed by atoms with Crippen LogP contribution < -0.4 is 4.74 Å². The molecular weight excluding hydrogens is 452 g/mol. The van der Waals surface area contributed by atoms with Crippen molar-refractivity contribution < 1.29 is 23.4 Å². The zero-order valence-corrected chi connectivity index (χ0v) is 19.9. The summed E-state index contributed by atoms with van der Waals surface area (Å²) < 4.78 is 34.4. The van der Waals surface area contributed by atoms with Crippen molar-refractivity contribution in [3.05, 3.63) is 47.8 Å². The van der Waals surface area contributed by atoms with Gasteiger partial charge in [-0.2, -0.15) is 0 Å². The molecule has 2 N–H and O–H groups in total. The summed E-state index contributed by atoms with van der Waals surface area (Å²) in [5.74, 6) is -0.626. The van der Waals surface area contributed by atoms with E-state index in [0.29, 0.717) is 45.8 Å². The van der Waals surface area contributed by atoms with E-state index in [4.69, 9.17) is 9.84 Å². The number of carbonyl (C=O) groups is 1. The largest absolute Gasteiger partial charge is 0.496 e. The average Bonchev–Trinajstić information content (AvgIpc) is 3.28. The molecule has 1 aliphatic carbocycles. The maximum atomic E-state index is 15.0. The van der Waals surface area contributed by atoms with Gasteiger partial charge >= 0.3 is 5.97 Å². The molecule has 0 spiro atoms. The Balaban J connectivity index is 1.31. The van der Waals surface area contributed by atoms with E-state index in [1.807, 2.05) is 6.07 Å². The number of pyridine rings is 1. The van der Waals surface area contributed by atoms with Gasteiger partial charge in [0, 0.05) is 40.6 Å². The number of aromatic nitrogens is 2. The summed E-state index contributed by atoms with van der Waals surface area (Å²) in [5, 5.41) is 9.67. The van der Waals surface area contributed by atoms with Crippen molar-refractivity contribution in [1.29, 1.82) is 0 Å². The minimum Gasteiger partial charge on any atom is -0.496 e. The molecule has 3 heterocycles. The average molecular weight is 484 g/mol. The van der Waals surface area contributed by atoms with Crippen LogP contribution in [-0.2, 0) is 4.79 Å². The van der Waals surface area contributed by atoms with E-state index in [0.717, 1.165) is 57.3 Å². The molecule has 2 aliphatic rings. The first-order chi connectivity index (χ1) is 16.9. The molecular formula is C27H31F2N3O3. The van der Waals surface area contributed by atoms with Gasteiger partial charge in [-0.05, 0) is 81.8 Å². The van der Waals surface area contributed by atoms with Gasteiger partial charge in [0.2, 0.25) is 0 Å². The number of likely N-dealkylation sites (tertiary alicyclic amines) is 1. The van der Waals surface area contributed by atoms with Crippen LogP contribution in [0.3, 0.4) is 0 Å². The molecule has 1 saturated carbocycles. The molecule has 0 unspecified atom stereocenters. The minimum atomic E-state index is -0.694. The Bertz CT molecular complexity index is 1210. The number of ether oxygens (including phenoxy) is 1. The highest BCUT2D eigenvalue weighted by atomic mass is 19.1. The second-order valence-corrected chi connectivity index (χ2v) is 9.90. The Morgan fingerprint density at radius 1 is 1.14 bits per heavy atom. The van der Waals surface area contributed by atoms with Crippen LogP contribution >= 0.6 is 0 Å². The van der Waals surface area contributed by atoms with Crippen LogP contribution in [0, 0.1) is 17.6 Å². The Morgan fingerprint density at radius 2 is 1.89 bits per heavy atom. The lowest BCUT2D eigenvalue weighted by Gasteiger charge is -2.40. The van der Waals surface area contributed by atoms with Gasteiger partial charge in [0.1, 0.15) is 23.0 Å². The molecule has 0 bridgehead atoms. The van der Waals surface area contributed by atoms with Gasteiger partial charge in [-0.15, -0.1) is 0 Å². The van der Waals surface area contributed by atoms with Crippen molar-refractivity contribution in [3.8, 4) is 16.9 Å². The van der Waals surface area contributed by atoms with Crippen molar-refractivity contribution in [2.75, 3.05) is 20.2 Å². The highest BCUT2D eigenvalue weighted by Crippen LogP contribution is 2.40. The molecule has 6 nitrogen and oxygen atoms in total. The van der Waals surface area contributed by atoms with Crippen LogP contribution in [0.4, 0.5) is 8.78 Å². The van der Waals surface area contributed by atoms with Crippen LogP contribution in [0.5, 0.6) is 5.75 Å². The number of aromatic amines is 1. The number of H-pyrrole nitrogens is 1. The first-order valence-electron chi connectivity index (χ1n) is 12.4. The van der Waals surface area contributed by atoms with Crippen molar-refractivity contribution in [2.24, 2.45) is 5.92 Å². The topological polar surface area (TPSA) is 78.5 Å². The molecule has 8 heteroatoms. The van der Waals surface area contributed by atoms with Gasteiger partial charge in [-0.3, -0.25) is 4.79 Å². The van der Waals surface area contributed by atoms with E-state index in [2.05, 4.69) is 14.9 Å². The fraction of sp³-hybridized carbons (Fsp3) is 0.481. The van der Waals surface area contributed by atoms with Gasteiger partial charge in [-0.25, -0.2) is 13.8 Å². The Hall–Kier alpha value is -3.00. The Labute approximate surface area is 203 Å². The molecule has 1 saturated heterocycles. The summed E-state index contributed by atoms with van der Waals surface area (Å²) in [6, 6.07) is 6.60. The van der Waals surface area contributed by atoms with E-state index in [9.17, 15) is 13.6 Å². The molecule has 5 rings (SSSR count). The molecule has 1 aromatic carbocycles. The van der Waals surface area contributed by atoms with Crippen molar-refractivity contribution in [2.45, 2.75) is 56.9 Å². The number of halogens is 2. The lowest BCUT2D eigenvalue weighted by atomic mass is 9.82. The summed E-state index contributed by atoms with van der Waals surface area (Å²) in [7, 11) is 1.49. The highest BCUT2D eigenvalue weighted by molar-refractivity contribution is 5.95. The van der Waals surface area contributed by atoms with E-state index in [1.165, 1.54) is 31.5 Å². The molecule has 2 aromatic heterocycles. The fourth-order valence-electron chi connectivity index (χ4n) is 5.98. The number of hydrogen-bond acceptors (Lipinski definition) is 4. The van der Waals surface area contributed by atoms with Gasteiger partial charge in [0.25, 0.3) is 0 Å². The number of carboxylic acid groups (broad SMARTS) is 1. The molecule has 0 atom stereocenters. The standard InChI is InChI=1S/C27H31F2N3O3/c1-35-24-7-4-18(28)13-20(24)26-21-14-23(31-27(21)30-15-22(26)29)17-8-10-32(11-9-17)19-5-2-16(3-6-19)12-25(33)34/h4,7,13-17,19H,2-3,5-6,8-12H2,1H3,(H,30,31)(H,33,34). The second-order valence-electron chi connectivity index (χ2n) is 9.90. The number of benzene rings is 1. The normalized spacial score (nSPS) is 21.9. The van der Waals surface area contributed by atoms with E-state index >= 15 is 0 Å². The van der Waals surface area contributed by atoms with E-state index in [1.54, 1.807) is 0 Å². The number of nitrogens with zero attached hydrogens (tertiary/aromatic N) is 2. The van der Waals surface area contributed by atoms with Gasteiger partial charge in [0.05, 0.1) is 13.3 Å². The smallest absolute Gasteiger partial charge is 0.303 e. The molecule has 0 amide bonds. The van der Waals surface area contributed by atoms with Crippen molar-refractivity contribution in [3.63, 3.8) is 0 Å². The third-order valence-electron chi connectivity index (χ3n) is 7.83. The zero-order chi connectivity index (χ0) is 24.5. The molecule has 35 heavy (non-hydrogen) atoms. The number of carboxylic acids is 1. The van der Waals surface area contributed by atoms with Crippen LogP contribution in [-0.4, -0.2) is 52.2 Å². The molecule has 1 aliphatic heterocycles. The first-order valence-corrected chi connectivity index (χ1v) is 12.4. The monoisotopic (exact) mass is 483 g/mol. The van der Waals surface area contributed by atoms with E-state index < -0.39 is 17.6 Å². The Kier molecular flexibility index (Phi) is 6.73. The summed E-state index contributed by atoms with van der Waals surface area (Å²) >= 11 is 0. The number of fused-ring (bicyclic) bond motifs is 1. The first kappa shape index (κ1) is 23.7. The number of rotatable bonds is 6. The summed E-state index contributed by atoms with van der Waals surface area (Å²) in [4.78, 5) is 21.2. The van der Waals surface area contributed by atoms with E-state index in [-0.39, 0.29) is 6.42 Å². The molecule has 0 radical (unpaired) electrons. The predicted molar refractivity (Wildman–Crippen MR) is 130 cm³/mol. The summed E-state index contributed by atoms with van der Waals surface area (Å²) in [6.45, 7) is 1.97. The highest BCUT2D eigenvalue weighted by Gasteiger charge is 2.31. The van der Waals surface area contributed by atoms with Crippen LogP contribution in [0.1, 0.15) is 56.6 Å². The second kappa shape index (κ2) is 9.93. The number of nitrogens with one attached hydrogen (secondary N) is 1. The molecule has 186 valence electrons. The van der Waals surface area contributed by atoms with Crippen LogP contribution in [0.15, 0.2) is 30.5 Å². The summed E-state index contributed by atoms with van der Waals surface area (Å²) in [5.41, 5.74) is 2.28. The number of aliphatic carboxylic acids is 1. The lowest BCUT2D eigenvalue weighted by Crippen LogP contribution is -2.43. The van der Waals surface area contributed by atoms with Crippen LogP contribution in [0.2, 0.25) is 0 Å². The quantitative estimate of drug-likeness (QED) is 0.468. The number of piperidine rings is 1. The molecule has 2 fully saturated rings. The number of hydrogen-bond donors (Lipinski definition) is 2. The van der Waals surface area contributed by atoms with Crippen molar-refractivity contribution in [1.82, 2.24) is 14.9 Å². The third kappa shape index (κ3) is 4.89. The lowest BCUT2D eigenvalue weighted by molar-refractivity contribution is -0.138. The summed E-state index contributed by atoms with van der Waals surface area (Å²) in [6.07, 6.45) is 7.55. The van der Waals surface area contributed by atoms with Gasteiger partial charge in [-0.1, -0.05) is 0 Å². The Morgan fingerprint density at radius 3 is 2.57 bits per heavy atom. The molecule has 3 aromatic rings.